The average Bonchev–Trinajstić information content (AvgIpc) is 2.64. The van der Waals surface area contributed by atoms with Crippen LogP contribution >= 0.6 is 15.9 Å². The molecular formula is C11H9BrN2O2. The topological polar surface area (TPSA) is 55.1 Å². The molecule has 0 unspecified atom stereocenters. The lowest BCUT2D eigenvalue weighted by atomic mass is 10.2. The molecule has 0 aliphatic heterocycles. The third-order valence-corrected chi connectivity index (χ3v) is 2.65. The van der Waals surface area contributed by atoms with Crippen LogP contribution < -0.4 is 5.32 Å². The van der Waals surface area contributed by atoms with E-state index in [4.69, 9.17) is 4.42 Å². The quantitative estimate of drug-likeness (QED) is 0.920. The van der Waals surface area contributed by atoms with Crippen LogP contribution in [0.15, 0.2) is 39.4 Å². The first-order chi connectivity index (χ1) is 7.66. The number of anilines is 1. The molecule has 2 rings (SSSR count). The number of carbonyl (C=O) groups excluding carboxylic acids is 1. The highest BCUT2D eigenvalue weighted by Gasteiger charge is 2.11. The molecule has 0 bridgehead atoms. The third-order valence-electron chi connectivity index (χ3n) is 1.96. The highest BCUT2D eigenvalue weighted by molar-refractivity contribution is 9.10. The van der Waals surface area contributed by atoms with Crippen LogP contribution in [-0.2, 0) is 0 Å². The number of aromatic nitrogens is 1. The van der Waals surface area contributed by atoms with Crippen molar-refractivity contribution >= 4 is 27.9 Å². The summed E-state index contributed by atoms with van der Waals surface area (Å²) in [5.41, 5.74) is 1.26. The molecule has 1 aromatic carbocycles. The number of halogens is 1. The molecule has 0 atom stereocenters. The monoisotopic (exact) mass is 280 g/mol. The molecule has 0 saturated heterocycles. The predicted molar refractivity (Wildman–Crippen MR) is 63.3 cm³/mol. The smallest absolute Gasteiger partial charge is 0.301 e. The molecule has 4 nitrogen and oxygen atoms in total. The maximum atomic E-state index is 11.8. The van der Waals surface area contributed by atoms with Gasteiger partial charge in [0.2, 0.25) is 0 Å². The number of amides is 1. The normalized spacial score (nSPS) is 10.1. The van der Waals surface area contributed by atoms with Gasteiger partial charge < -0.3 is 4.42 Å². The number of hydrogen-bond acceptors (Lipinski definition) is 3. The number of rotatable bonds is 2. The molecule has 0 saturated carbocycles. The van der Waals surface area contributed by atoms with Gasteiger partial charge in [0.1, 0.15) is 6.26 Å². The molecule has 0 radical (unpaired) electrons. The largest absolute Gasteiger partial charge is 0.432 e. The predicted octanol–water partition coefficient (Wildman–Crippen LogP) is 3.00. The minimum absolute atomic E-state index is 0.207. The molecule has 16 heavy (non-hydrogen) atoms. The molecule has 82 valence electrons. The van der Waals surface area contributed by atoms with Crippen molar-refractivity contribution in [1.82, 2.24) is 4.98 Å². The molecule has 1 heterocycles. The number of nitrogens with zero attached hydrogens (tertiary/aromatic N) is 1. The lowest BCUT2D eigenvalue weighted by molar-refractivity contribution is 0.102. The number of benzene rings is 1. The van der Waals surface area contributed by atoms with Crippen LogP contribution in [0.5, 0.6) is 0 Å². The molecule has 2 aromatic rings. The van der Waals surface area contributed by atoms with E-state index in [1.165, 1.54) is 6.26 Å². The highest BCUT2D eigenvalue weighted by Crippen LogP contribution is 2.17. The average molecular weight is 281 g/mol. The van der Waals surface area contributed by atoms with Gasteiger partial charge in [-0.05, 0) is 35.0 Å². The second-order valence-electron chi connectivity index (χ2n) is 3.23. The summed E-state index contributed by atoms with van der Waals surface area (Å²) in [6.45, 7) is 1.79. The Labute approximate surface area is 101 Å². The maximum Gasteiger partial charge on any atom is 0.301 e. The van der Waals surface area contributed by atoms with Crippen LogP contribution in [0.3, 0.4) is 0 Å². The number of hydrogen-bond donors (Lipinski definition) is 1. The lowest BCUT2D eigenvalue weighted by Crippen LogP contribution is -2.12. The summed E-state index contributed by atoms with van der Waals surface area (Å²) in [4.78, 5) is 15.8. The minimum Gasteiger partial charge on any atom is -0.432 e. The zero-order valence-electron chi connectivity index (χ0n) is 8.53. The molecule has 5 heteroatoms. The van der Waals surface area contributed by atoms with Crippen molar-refractivity contribution in [3.63, 3.8) is 0 Å². The first-order valence-corrected chi connectivity index (χ1v) is 5.44. The summed E-state index contributed by atoms with van der Waals surface area (Å²) < 4.78 is 5.77. The van der Waals surface area contributed by atoms with Gasteiger partial charge >= 0.3 is 6.01 Å². The fourth-order valence-corrected chi connectivity index (χ4v) is 1.69. The van der Waals surface area contributed by atoms with Crippen LogP contribution in [0.25, 0.3) is 0 Å². The molecule has 1 amide bonds. The van der Waals surface area contributed by atoms with E-state index >= 15 is 0 Å². The molecule has 0 fully saturated rings. The SMILES string of the molecule is Cc1coc(NC(=O)c2ccccc2Br)n1. The summed E-state index contributed by atoms with van der Waals surface area (Å²) in [7, 11) is 0. The Hall–Kier alpha value is -1.62. The second-order valence-corrected chi connectivity index (χ2v) is 4.08. The summed E-state index contributed by atoms with van der Waals surface area (Å²) in [6, 6.07) is 7.36. The van der Waals surface area contributed by atoms with Gasteiger partial charge in [-0.3, -0.25) is 10.1 Å². The van der Waals surface area contributed by atoms with Crippen LogP contribution in [0.1, 0.15) is 16.1 Å². The fraction of sp³-hybridized carbons (Fsp3) is 0.0909. The number of aryl methyl sites for hydroxylation is 1. The standard InChI is InChI=1S/C11H9BrN2O2/c1-7-6-16-11(13-7)14-10(15)8-4-2-3-5-9(8)12/h2-6H,1H3,(H,13,14,15). The van der Waals surface area contributed by atoms with Gasteiger partial charge in [-0.2, -0.15) is 4.98 Å². The van der Waals surface area contributed by atoms with Crippen molar-refractivity contribution in [2.75, 3.05) is 5.32 Å². The van der Waals surface area contributed by atoms with Crippen LogP contribution in [0.4, 0.5) is 6.01 Å². The van der Waals surface area contributed by atoms with Crippen molar-refractivity contribution in [1.29, 1.82) is 0 Å². The van der Waals surface area contributed by atoms with E-state index in [2.05, 4.69) is 26.2 Å². The Balaban J connectivity index is 2.18. The Morgan fingerprint density at radius 1 is 1.44 bits per heavy atom. The Morgan fingerprint density at radius 2 is 2.19 bits per heavy atom. The molecular weight excluding hydrogens is 272 g/mol. The van der Waals surface area contributed by atoms with E-state index in [0.29, 0.717) is 5.56 Å². The van der Waals surface area contributed by atoms with E-state index < -0.39 is 0 Å². The first kappa shape index (κ1) is 10.9. The molecule has 0 aliphatic rings. The Bertz CT molecular complexity index is 522. The second kappa shape index (κ2) is 4.49. The molecule has 0 spiro atoms. The molecule has 1 N–H and O–H groups in total. The number of oxazole rings is 1. The van der Waals surface area contributed by atoms with Gasteiger partial charge in [0, 0.05) is 4.47 Å². The molecule has 0 aliphatic carbocycles. The third kappa shape index (κ3) is 2.30. The van der Waals surface area contributed by atoms with Gasteiger partial charge in [-0.15, -0.1) is 0 Å². The first-order valence-electron chi connectivity index (χ1n) is 4.65. The Morgan fingerprint density at radius 3 is 2.81 bits per heavy atom. The van der Waals surface area contributed by atoms with Crippen LogP contribution in [0.2, 0.25) is 0 Å². The van der Waals surface area contributed by atoms with Gasteiger partial charge in [-0.25, -0.2) is 0 Å². The number of carbonyl (C=O) groups is 1. The highest BCUT2D eigenvalue weighted by atomic mass is 79.9. The van der Waals surface area contributed by atoms with Gasteiger partial charge in [0.25, 0.3) is 5.91 Å². The summed E-state index contributed by atoms with van der Waals surface area (Å²) in [6.07, 6.45) is 1.48. The summed E-state index contributed by atoms with van der Waals surface area (Å²) >= 11 is 3.30. The van der Waals surface area contributed by atoms with Crippen molar-refractivity contribution < 1.29 is 9.21 Å². The summed E-state index contributed by atoms with van der Waals surface area (Å²) in [5, 5.41) is 2.57. The van der Waals surface area contributed by atoms with E-state index in [1.54, 1.807) is 25.1 Å². The van der Waals surface area contributed by atoms with Crippen molar-refractivity contribution in [2.24, 2.45) is 0 Å². The van der Waals surface area contributed by atoms with E-state index in [-0.39, 0.29) is 11.9 Å². The van der Waals surface area contributed by atoms with Gasteiger partial charge in [-0.1, -0.05) is 12.1 Å². The van der Waals surface area contributed by atoms with E-state index in [0.717, 1.165) is 10.2 Å². The van der Waals surface area contributed by atoms with Gasteiger partial charge in [0.15, 0.2) is 0 Å². The lowest BCUT2D eigenvalue weighted by Gasteiger charge is -2.02. The summed E-state index contributed by atoms with van der Waals surface area (Å²) in [5.74, 6) is -0.255. The maximum absolute atomic E-state index is 11.8. The Kier molecular flexibility index (Phi) is 3.05. The van der Waals surface area contributed by atoms with Crippen molar-refractivity contribution in [3.05, 3.63) is 46.3 Å². The van der Waals surface area contributed by atoms with Crippen molar-refractivity contribution in [2.45, 2.75) is 6.92 Å². The van der Waals surface area contributed by atoms with Gasteiger partial charge in [0.05, 0.1) is 11.3 Å². The van der Waals surface area contributed by atoms with Crippen molar-refractivity contribution in [3.8, 4) is 0 Å². The zero-order valence-corrected chi connectivity index (χ0v) is 10.1. The van der Waals surface area contributed by atoms with Crippen LogP contribution in [0, 0.1) is 6.92 Å². The molecule has 1 aromatic heterocycles. The van der Waals surface area contributed by atoms with E-state index in [9.17, 15) is 4.79 Å². The minimum atomic E-state index is -0.255. The fourth-order valence-electron chi connectivity index (χ4n) is 1.22. The number of nitrogens with one attached hydrogen (secondary N) is 1. The zero-order chi connectivity index (χ0) is 11.5. The van der Waals surface area contributed by atoms with Crippen LogP contribution in [-0.4, -0.2) is 10.9 Å². The van der Waals surface area contributed by atoms with E-state index in [1.807, 2.05) is 6.07 Å².